The standard InChI is InChI=1S/C26H27N3O7/c1-28-18-11-6-4-5-7-12(11)20(30)16-13(18)8-10-9-14-19(29(2)3)22(32)17(25(27)35)24(34)26(14,36)23(33)15(10)21(16)31/h4-7,10,14,19,28,30,32-33,36H,8-9H2,1-3H3,(H2,27,35)/t10?,14-,19-,26-/m0/s1. The lowest BCUT2D eigenvalue weighted by molar-refractivity contribution is -0.148. The van der Waals surface area contributed by atoms with E-state index in [-0.39, 0.29) is 29.7 Å². The van der Waals surface area contributed by atoms with Gasteiger partial charge in [0.1, 0.15) is 22.8 Å². The number of hydrogen-bond acceptors (Lipinski definition) is 9. The van der Waals surface area contributed by atoms with Crippen LogP contribution in [0.1, 0.15) is 22.3 Å². The first-order valence-corrected chi connectivity index (χ1v) is 11.6. The number of carbonyl (C=O) groups is 3. The van der Waals surface area contributed by atoms with Crippen molar-refractivity contribution in [2.24, 2.45) is 17.6 Å². The Morgan fingerprint density at radius 3 is 2.36 bits per heavy atom. The average molecular weight is 494 g/mol. The van der Waals surface area contributed by atoms with E-state index < -0.39 is 58.0 Å². The Hall–Kier alpha value is -3.89. The van der Waals surface area contributed by atoms with Crippen LogP contribution in [0.5, 0.6) is 5.75 Å². The number of hydrogen-bond donors (Lipinski definition) is 6. The van der Waals surface area contributed by atoms with Crippen LogP contribution in [0.15, 0.2) is 46.9 Å². The van der Waals surface area contributed by atoms with Gasteiger partial charge in [0.15, 0.2) is 11.4 Å². The van der Waals surface area contributed by atoms with Gasteiger partial charge < -0.3 is 31.5 Å². The summed E-state index contributed by atoms with van der Waals surface area (Å²) >= 11 is 0. The van der Waals surface area contributed by atoms with Crippen LogP contribution in [-0.4, -0.2) is 75.6 Å². The van der Waals surface area contributed by atoms with E-state index in [2.05, 4.69) is 5.32 Å². The summed E-state index contributed by atoms with van der Waals surface area (Å²) in [6.45, 7) is 0. The van der Waals surface area contributed by atoms with Crippen LogP contribution in [0.4, 0.5) is 5.69 Å². The first-order chi connectivity index (χ1) is 17.0. The Balaban J connectivity index is 1.78. The quantitative estimate of drug-likeness (QED) is 0.272. The second-order valence-corrected chi connectivity index (χ2v) is 9.84. The minimum Gasteiger partial charge on any atom is -0.510 e. The summed E-state index contributed by atoms with van der Waals surface area (Å²) < 4.78 is 0. The van der Waals surface area contributed by atoms with Crippen molar-refractivity contribution >= 4 is 33.9 Å². The number of rotatable bonds is 3. The first kappa shape index (κ1) is 23.8. The van der Waals surface area contributed by atoms with Crippen LogP contribution < -0.4 is 11.1 Å². The number of amides is 1. The van der Waals surface area contributed by atoms with Gasteiger partial charge in [-0.1, -0.05) is 24.3 Å². The molecular formula is C26H27N3O7. The smallest absolute Gasteiger partial charge is 0.255 e. The van der Waals surface area contributed by atoms with Crippen LogP contribution in [0.2, 0.25) is 0 Å². The van der Waals surface area contributed by atoms with Gasteiger partial charge in [0.05, 0.1) is 11.6 Å². The molecule has 10 heteroatoms. The third kappa shape index (κ3) is 2.82. The largest absolute Gasteiger partial charge is 0.510 e. The molecular weight excluding hydrogens is 466 g/mol. The number of nitrogens with zero attached hydrogens (tertiary/aromatic N) is 1. The van der Waals surface area contributed by atoms with Crippen LogP contribution in [0, 0.1) is 11.8 Å². The van der Waals surface area contributed by atoms with Gasteiger partial charge in [-0.3, -0.25) is 19.3 Å². The summed E-state index contributed by atoms with van der Waals surface area (Å²) in [7, 11) is 4.90. The molecule has 188 valence electrons. The van der Waals surface area contributed by atoms with Crippen molar-refractivity contribution in [2.75, 3.05) is 26.5 Å². The van der Waals surface area contributed by atoms with Gasteiger partial charge in [-0.15, -0.1) is 0 Å². The van der Waals surface area contributed by atoms with Gasteiger partial charge >= 0.3 is 0 Å². The molecule has 0 bridgehead atoms. The highest BCUT2D eigenvalue weighted by atomic mass is 16.3. The molecule has 3 aliphatic rings. The number of anilines is 1. The maximum atomic E-state index is 13.8. The molecule has 0 saturated heterocycles. The van der Waals surface area contributed by atoms with Gasteiger partial charge in [0, 0.05) is 35.0 Å². The van der Waals surface area contributed by atoms with Crippen LogP contribution in [0.25, 0.3) is 10.8 Å². The fraction of sp³-hybridized carbons (Fsp3) is 0.346. The van der Waals surface area contributed by atoms with E-state index in [1.165, 1.54) is 4.90 Å². The number of likely N-dealkylation sites (N-methyl/N-ethyl adjacent to an activating group) is 1. The number of aliphatic hydroxyl groups is 3. The predicted octanol–water partition coefficient (Wildman–Crippen LogP) is 1.32. The number of aliphatic hydroxyl groups excluding tert-OH is 2. The minimum absolute atomic E-state index is 0.0150. The molecule has 3 aliphatic carbocycles. The Labute approximate surface area is 206 Å². The number of phenols is 1. The second kappa shape index (κ2) is 7.81. The van der Waals surface area contributed by atoms with Gasteiger partial charge in [-0.05, 0) is 38.4 Å². The molecule has 4 atom stereocenters. The molecule has 1 amide bonds. The lowest BCUT2D eigenvalue weighted by Gasteiger charge is -2.50. The van der Waals surface area contributed by atoms with Crippen molar-refractivity contribution in [2.45, 2.75) is 24.5 Å². The fourth-order valence-corrected chi connectivity index (χ4v) is 6.36. The molecule has 36 heavy (non-hydrogen) atoms. The summed E-state index contributed by atoms with van der Waals surface area (Å²) in [5.74, 6) is -6.62. The number of fused-ring (bicyclic) bond motifs is 4. The van der Waals surface area contributed by atoms with Crippen molar-refractivity contribution in [1.29, 1.82) is 0 Å². The number of nitrogens with one attached hydrogen (secondary N) is 1. The summed E-state index contributed by atoms with van der Waals surface area (Å²) in [5.41, 5.74) is 2.91. The van der Waals surface area contributed by atoms with E-state index in [1.54, 1.807) is 33.3 Å². The van der Waals surface area contributed by atoms with Crippen molar-refractivity contribution in [3.05, 3.63) is 58.1 Å². The minimum atomic E-state index is -2.65. The number of aromatic hydroxyl groups is 1. The molecule has 10 nitrogen and oxygen atoms in total. The van der Waals surface area contributed by atoms with Crippen LogP contribution in [-0.2, 0) is 16.0 Å². The number of allylic oxidation sites excluding steroid dienone is 1. The molecule has 0 spiro atoms. The maximum absolute atomic E-state index is 13.8. The number of phenolic OH excluding ortho intramolecular Hbond substituents is 1. The molecule has 5 rings (SSSR count). The zero-order chi connectivity index (χ0) is 26.3. The van der Waals surface area contributed by atoms with Gasteiger partial charge in [-0.2, -0.15) is 0 Å². The highest BCUT2D eigenvalue weighted by Crippen LogP contribution is 2.54. The SMILES string of the molecule is CNc1c2c(c(O)c3ccccc13)C(=O)C1=C(O)[C@]3(O)C(=O)C(C(N)=O)=C(O)[C@@H](N(C)C)[C@@H]3CC1C2. The molecule has 0 radical (unpaired) electrons. The van der Waals surface area contributed by atoms with E-state index in [0.717, 1.165) is 5.39 Å². The zero-order valence-corrected chi connectivity index (χ0v) is 20.0. The fourth-order valence-electron chi connectivity index (χ4n) is 6.36. The Bertz CT molecular complexity index is 1440. The third-order valence-corrected chi connectivity index (χ3v) is 7.86. The Kier molecular flexibility index (Phi) is 5.17. The van der Waals surface area contributed by atoms with Gasteiger partial charge in [-0.25, -0.2) is 0 Å². The molecule has 2 aromatic carbocycles. The molecule has 1 unspecified atom stereocenters. The summed E-state index contributed by atoms with van der Waals surface area (Å²) in [6.07, 6.45) is 0.269. The van der Waals surface area contributed by atoms with E-state index in [4.69, 9.17) is 5.73 Å². The van der Waals surface area contributed by atoms with Crippen molar-refractivity contribution in [3.8, 4) is 5.75 Å². The summed E-state index contributed by atoms with van der Waals surface area (Å²) in [4.78, 5) is 40.7. The Morgan fingerprint density at radius 2 is 1.78 bits per heavy atom. The number of primary amides is 1. The van der Waals surface area contributed by atoms with Crippen molar-refractivity contribution in [3.63, 3.8) is 0 Å². The van der Waals surface area contributed by atoms with Crippen molar-refractivity contribution < 1.29 is 34.8 Å². The summed E-state index contributed by atoms with van der Waals surface area (Å²) in [5, 5.41) is 49.2. The van der Waals surface area contributed by atoms with Crippen LogP contribution >= 0.6 is 0 Å². The highest BCUT2D eigenvalue weighted by molar-refractivity contribution is 6.25. The predicted molar refractivity (Wildman–Crippen MR) is 131 cm³/mol. The van der Waals surface area contributed by atoms with E-state index in [1.807, 2.05) is 12.1 Å². The number of benzene rings is 2. The molecule has 2 aromatic rings. The normalized spacial score (nSPS) is 27.8. The first-order valence-electron chi connectivity index (χ1n) is 11.6. The van der Waals surface area contributed by atoms with E-state index in [9.17, 15) is 34.8 Å². The molecule has 0 aliphatic heterocycles. The lowest BCUT2D eigenvalue weighted by atomic mass is 9.58. The topological polar surface area (TPSA) is 173 Å². The molecule has 0 saturated carbocycles. The lowest BCUT2D eigenvalue weighted by Crippen LogP contribution is -2.63. The highest BCUT2D eigenvalue weighted by Gasteiger charge is 2.63. The van der Waals surface area contributed by atoms with E-state index >= 15 is 0 Å². The average Bonchev–Trinajstić information content (AvgIpc) is 2.81. The Morgan fingerprint density at radius 1 is 1.14 bits per heavy atom. The van der Waals surface area contributed by atoms with Gasteiger partial charge in [0.25, 0.3) is 5.91 Å². The van der Waals surface area contributed by atoms with E-state index in [0.29, 0.717) is 16.6 Å². The van der Waals surface area contributed by atoms with Crippen LogP contribution in [0.3, 0.4) is 0 Å². The molecule has 0 heterocycles. The number of carbonyl (C=O) groups excluding carboxylic acids is 3. The monoisotopic (exact) mass is 493 g/mol. The maximum Gasteiger partial charge on any atom is 0.255 e. The number of Topliss-reactive ketones (excluding diaryl/α,β-unsaturated/α-hetero) is 2. The third-order valence-electron chi connectivity index (χ3n) is 7.86. The molecule has 7 N–H and O–H groups in total. The van der Waals surface area contributed by atoms with Crippen molar-refractivity contribution in [1.82, 2.24) is 4.90 Å². The van der Waals surface area contributed by atoms with Gasteiger partial charge in [0.2, 0.25) is 5.78 Å². The second-order valence-electron chi connectivity index (χ2n) is 9.84. The molecule has 0 fully saturated rings. The number of ketones is 2. The summed E-state index contributed by atoms with van der Waals surface area (Å²) in [6, 6.07) is 6.01. The zero-order valence-electron chi connectivity index (χ0n) is 20.0. The molecule has 0 aromatic heterocycles. The number of nitrogens with two attached hydrogens (primary N) is 1.